The quantitative estimate of drug-likeness (QED) is 0.391. The van der Waals surface area contributed by atoms with Gasteiger partial charge >= 0.3 is 0 Å². The molecule has 0 spiro atoms. The summed E-state index contributed by atoms with van der Waals surface area (Å²) in [5.41, 5.74) is 3.84. The number of fused-ring (bicyclic) bond motifs is 2. The van der Waals surface area contributed by atoms with Crippen LogP contribution < -0.4 is 0 Å². The fourth-order valence-corrected chi connectivity index (χ4v) is 3.15. The van der Waals surface area contributed by atoms with Crippen LogP contribution >= 0.6 is 0 Å². The van der Waals surface area contributed by atoms with Crippen LogP contribution in [-0.2, 0) is 0 Å². The minimum Gasteiger partial charge on any atom is -0.354 e. The van der Waals surface area contributed by atoms with Crippen LogP contribution in [0.15, 0.2) is 72.4 Å². The molecule has 0 aliphatic rings. The molecule has 4 aromatic rings. The number of hydrogen-bond acceptors (Lipinski definition) is 2. The van der Waals surface area contributed by atoms with Gasteiger partial charge in [-0.25, -0.2) is 0 Å². The number of hydrogen-bond donors (Lipinski definition) is 1. The molecule has 4 heteroatoms. The van der Waals surface area contributed by atoms with E-state index >= 15 is 0 Å². The predicted molar refractivity (Wildman–Crippen MR) is 102 cm³/mol. The van der Waals surface area contributed by atoms with Crippen LogP contribution in [0.2, 0.25) is 0 Å². The van der Waals surface area contributed by atoms with Crippen LogP contribution in [0.1, 0.15) is 12.5 Å². The molecule has 0 saturated carbocycles. The first kappa shape index (κ1) is 15.1. The number of aromatic amines is 1. The van der Waals surface area contributed by atoms with Crippen LogP contribution in [0, 0.1) is 10.1 Å². The van der Waals surface area contributed by atoms with Gasteiger partial charge in [0.15, 0.2) is 0 Å². The summed E-state index contributed by atoms with van der Waals surface area (Å²) in [7, 11) is 0. The number of benzene rings is 3. The first-order valence-electron chi connectivity index (χ1n) is 8.06. The van der Waals surface area contributed by atoms with Crippen molar-refractivity contribution in [1.82, 2.24) is 4.98 Å². The van der Waals surface area contributed by atoms with Gasteiger partial charge < -0.3 is 4.98 Å². The number of para-hydroxylation sites is 1. The molecule has 4 nitrogen and oxygen atoms in total. The lowest BCUT2D eigenvalue weighted by atomic mass is 10.0. The number of rotatable bonds is 3. The van der Waals surface area contributed by atoms with Crippen molar-refractivity contribution in [2.24, 2.45) is 0 Å². The molecule has 0 aliphatic heterocycles. The van der Waals surface area contributed by atoms with Gasteiger partial charge in [-0.2, -0.15) is 0 Å². The van der Waals surface area contributed by atoms with E-state index in [2.05, 4.69) is 29.2 Å². The van der Waals surface area contributed by atoms with E-state index in [1.54, 1.807) is 6.08 Å². The van der Waals surface area contributed by atoms with Gasteiger partial charge in [-0.3, -0.25) is 10.1 Å². The fourth-order valence-electron chi connectivity index (χ4n) is 3.15. The van der Waals surface area contributed by atoms with Gasteiger partial charge in [-0.1, -0.05) is 54.6 Å². The second kappa shape index (κ2) is 5.91. The highest BCUT2D eigenvalue weighted by Crippen LogP contribution is 2.33. The molecule has 0 atom stereocenters. The minimum absolute atomic E-state index is 0.117. The van der Waals surface area contributed by atoms with E-state index in [9.17, 15) is 10.1 Å². The topological polar surface area (TPSA) is 58.9 Å². The Morgan fingerprint density at radius 3 is 2.52 bits per heavy atom. The molecule has 0 unspecified atom stereocenters. The Morgan fingerprint density at radius 2 is 1.72 bits per heavy atom. The van der Waals surface area contributed by atoms with Gasteiger partial charge in [0, 0.05) is 29.5 Å². The average molecular weight is 328 g/mol. The zero-order valence-electron chi connectivity index (χ0n) is 13.7. The maximum atomic E-state index is 11.1. The number of nitro groups is 1. The summed E-state index contributed by atoms with van der Waals surface area (Å²) in [6, 6.07) is 22.3. The van der Waals surface area contributed by atoms with Gasteiger partial charge in [-0.15, -0.1) is 0 Å². The number of H-pyrrole nitrogens is 1. The maximum Gasteiger partial charge on any atom is 0.243 e. The van der Waals surface area contributed by atoms with E-state index in [4.69, 9.17) is 0 Å². The zero-order valence-corrected chi connectivity index (χ0v) is 13.7. The lowest BCUT2D eigenvalue weighted by molar-refractivity contribution is -0.422. The van der Waals surface area contributed by atoms with E-state index in [1.165, 1.54) is 12.3 Å². The standard InChI is InChI=1S/C21H16N2O2/c1-14(23(24)25)12-19-18-8-4-5-9-20(18)22-21(19)17-11-10-15-6-2-3-7-16(15)13-17/h2-13,22H,1H3/b14-12-. The SMILES string of the molecule is C/C(=C/c1c(-c2ccc3ccccc3c2)[nH]c2ccccc12)[N+](=O)[O-]. The molecular weight excluding hydrogens is 312 g/mol. The summed E-state index contributed by atoms with van der Waals surface area (Å²) < 4.78 is 0. The van der Waals surface area contributed by atoms with Gasteiger partial charge in [0.2, 0.25) is 5.70 Å². The molecule has 0 aliphatic carbocycles. The summed E-state index contributed by atoms with van der Waals surface area (Å²) >= 11 is 0. The number of aromatic nitrogens is 1. The molecule has 3 aromatic carbocycles. The van der Waals surface area contributed by atoms with E-state index in [0.29, 0.717) is 0 Å². The van der Waals surface area contributed by atoms with Crippen molar-refractivity contribution < 1.29 is 4.92 Å². The van der Waals surface area contributed by atoms with Crippen molar-refractivity contribution in [3.05, 3.63) is 88.1 Å². The molecule has 1 N–H and O–H groups in total. The third-order valence-corrected chi connectivity index (χ3v) is 4.43. The highest BCUT2D eigenvalue weighted by molar-refractivity contribution is 5.98. The Labute approximate surface area is 144 Å². The van der Waals surface area contributed by atoms with E-state index in [0.717, 1.165) is 33.1 Å². The van der Waals surface area contributed by atoms with E-state index < -0.39 is 0 Å². The van der Waals surface area contributed by atoms with Crippen LogP contribution in [0.5, 0.6) is 0 Å². The lowest BCUT2D eigenvalue weighted by Crippen LogP contribution is -1.93. The van der Waals surface area contributed by atoms with Gasteiger partial charge in [0.05, 0.1) is 10.6 Å². The summed E-state index contributed by atoms with van der Waals surface area (Å²) in [5, 5.41) is 14.4. The summed E-state index contributed by atoms with van der Waals surface area (Å²) in [5.74, 6) is 0. The number of nitrogens with zero attached hydrogens (tertiary/aromatic N) is 1. The molecule has 1 aromatic heterocycles. The van der Waals surface area contributed by atoms with Crippen LogP contribution in [-0.4, -0.2) is 9.91 Å². The van der Waals surface area contributed by atoms with Crippen molar-refractivity contribution in [2.45, 2.75) is 6.92 Å². The minimum atomic E-state index is -0.355. The molecule has 0 saturated heterocycles. The van der Waals surface area contributed by atoms with E-state index in [-0.39, 0.29) is 10.6 Å². The van der Waals surface area contributed by atoms with Crippen LogP contribution in [0.25, 0.3) is 39.0 Å². The van der Waals surface area contributed by atoms with Crippen LogP contribution in [0.3, 0.4) is 0 Å². The third kappa shape index (κ3) is 2.68. The lowest BCUT2D eigenvalue weighted by Gasteiger charge is -2.04. The summed E-state index contributed by atoms with van der Waals surface area (Å²) in [6.07, 6.45) is 1.64. The van der Waals surface area contributed by atoms with Crippen molar-refractivity contribution in [3.8, 4) is 11.3 Å². The van der Waals surface area contributed by atoms with Gasteiger partial charge in [0.1, 0.15) is 0 Å². The number of nitrogens with one attached hydrogen (secondary N) is 1. The highest BCUT2D eigenvalue weighted by atomic mass is 16.6. The second-order valence-electron chi connectivity index (χ2n) is 6.06. The first-order valence-corrected chi connectivity index (χ1v) is 8.06. The Morgan fingerprint density at radius 1 is 1.00 bits per heavy atom. The van der Waals surface area contributed by atoms with Crippen molar-refractivity contribution in [1.29, 1.82) is 0 Å². The summed E-state index contributed by atoms with van der Waals surface area (Å²) in [6.45, 7) is 1.52. The smallest absolute Gasteiger partial charge is 0.243 e. The van der Waals surface area contributed by atoms with Crippen molar-refractivity contribution >= 4 is 27.8 Å². The monoisotopic (exact) mass is 328 g/mol. The predicted octanol–water partition coefficient (Wildman–Crippen LogP) is 5.63. The summed E-state index contributed by atoms with van der Waals surface area (Å²) in [4.78, 5) is 14.2. The van der Waals surface area contributed by atoms with Crippen LogP contribution in [0.4, 0.5) is 0 Å². The number of allylic oxidation sites excluding steroid dienone is 1. The Balaban J connectivity index is 1.99. The molecule has 25 heavy (non-hydrogen) atoms. The largest absolute Gasteiger partial charge is 0.354 e. The molecule has 0 bridgehead atoms. The van der Waals surface area contributed by atoms with Crippen molar-refractivity contribution in [2.75, 3.05) is 0 Å². The molecule has 0 fully saturated rings. The molecule has 1 heterocycles. The second-order valence-corrected chi connectivity index (χ2v) is 6.06. The fraction of sp³-hybridized carbons (Fsp3) is 0.0476. The molecule has 122 valence electrons. The van der Waals surface area contributed by atoms with Gasteiger partial charge in [-0.05, 0) is 28.5 Å². The zero-order chi connectivity index (χ0) is 17.4. The molecular formula is C21H16N2O2. The van der Waals surface area contributed by atoms with E-state index in [1.807, 2.05) is 42.5 Å². The normalized spacial score (nSPS) is 12.0. The average Bonchev–Trinajstić information content (AvgIpc) is 3.00. The Kier molecular flexibility index (Phi) is 3.58. The molecule has 0 amide bonds. The first-order chi connectivity index (χ1) is 12.1. The molecule has 4 rings (SSSR count). The Hall–Kier alpha value is -3.40. The third-order valence-electron chi connectivity index (χ3n) is 4.43. The highest BCUT2D eigenvalue weighted by Gasteiger charge is 2.14. The van der Waals surface area contributed by atoms with Crippen molar-refractivity contribution in [3.63, 3.8) is 0 Å². The maximum absolute atomic E-state index is 11.1. The molecule has 0 radical (unpaired) electrons. The van der Waals surface area contributed by atoms with Gasteiger partial charge in [0.25, 0.3) is 0 Å². The Bertz CT molecular complexity index is 1140.